The van der Waals surface area contributed by atoms with Crippen LogP contribution in [0.4, 0.5) is 0 Å². The third kappa shape index (κ3) is 2.92. The second-order valence-electron chi connectivity index (χ2n) is 4.01. The van der Waals surface area contributed by atoms with E-state index in [0.717, 1.165) is 19.4 Å². The van der Waals surface area contributed by atoms with E-state index >= 15 is 0 Å². The van der Waals surface area contributed by atoms with Crippen LogP contribution in [0.5, 0.6) is 0 Å². The van der Waals surface area contributed by atoms with Crippen LogP contribution in [-0.4, -0.2) is 22.0 Å². The molecule has 0 spiro atoms. The molecule has 0 amide bonds. The van der Waals surface area contributed by atoms with Crippen molar-refractivity contribution >= 4 is 11.3 Å². The normalized spacial score (nSPS) is 12.8. The number of hydrogen-bond acceptors (Lipinski definition) is 4. The first-order chi connectivity index (χ1) is 8.35. The molecule has 2 aromatic rings. The number of aromatic nitrogens is 3. The minimum Gasteiger partial charge on any atom is -0.311 e. The Morgan fingerprint density at radius 1 is 1.53 bits per heavy atom. The van der Waals surface area contributed by atoms with Crippen LogP contribution in [-0.2, 0) is 13.0 Å². The van der Waals surface area contributed by atoms with Crippen LogP contribution < -0.4 is 5.32 Å². The summed E-state index contributed by atoms with van der Waals surface area (Å²) in [4.78, 5) is 1.38. The molecule has 0 radical (unpaired) electrons. The Hall–Kier alpha value is -1.20. The van der Waals surface area contributed by atoms with Crippen molar-refractivity contribution in [2.24, 2.45) is 0 Å². The van der Waals surface area contributed by atoms with Gasteiger partial charge in [-0.15, -0.1) is 16.4 Å². The second-order valence-corrected chi connectivity index (χ2v) is 5.04. The quantitative estimate of drug-likeness (QED) is 0.855. The first kappa shape index (κ1) is 12.3. The average molecular weight is 250 g/mol. The van der Waals surface area contributed by atoms with E-state index in [1.165, 1.54) is 10.6 Å². The highest BCUT2D eigenvalue weighted by Gasteiger charge is 2.15. The summed E-state index contributed by atoms with van der Waals surface area (Å²) in [5, 5.41) is 13.6. The molecule has 5 heteroatoms. The Morgan fingerprint density at radius 2 is 2.41 bits per heavy atom. The van der Waals surface area contributed by atoms with Gasteiger partial charge < -0.3 is 5.32 Å². The molecule has 0 saturated carbocycles. The highest BCUT2D eigenvalue weighted by molar-refractivity contribution is 7.09. The number of thiophene rings is 1. The smallest absolute Gasteiger partial charge is 0.0760 e. The molecule has 0 aliphatic rings. The van der Waals surface area contributed by atoms with Crippen molar-refractivity contribution in [3.63, 3.8) is 0 Å². The number of hydrogen-bond donors (Lipinski definition) is 1. The van der Waals surface area contributed by atoms with Gasteiger partial charge in [-0.2, -0.15) is 0 Å². The van der Waals surface area contributed by atoms with Gasteiger partial charge >= 0.3 is 0 Å². The Labute approximate surface area is 106 Å². The van der Waals surface area contributed by atoms with Gasteiger partial charge in [-0.25, -0.2) is 4.68 Å². The topological polar surface area (TPSA) is 42.7 Å². The molecule has 0 aliphatic carbocycles. The summed E-state index contributed by atoms with van der Waals surface area (Å²) in [7, 11) is 1.99. The Morgan fingerprint density at radius 3 is 3.06 bits per heavy atom. The molecule has 0 aromatic carbocycles. The summed E-state index contributed by atoms with van der Waals surface area (Å²) in [6, 6.07) is 4.55. The molecule has 2 rings (SSSR count). The number of likely N-dealkylation sites (N-methyl/N-ethyl adjacent to an activating group) is 1. The minimum absolute atomic E-state index is 0.287. The van der Waals surface area contributed by atoms with Crippen LogP contribution in [0.15, 0.2) is 23.7 Å². The zero-order valence-electron chi connectivity index (χ0n) is 10.3. The van der Waals surface area contributed by atoms with Gasteiger partial charge in [-0.05, 0) is 24.9 Å². The minimum atomic E-state index is 0.287. The van der Waals surface area contributed by atoms with E-state index in [9.17, 15) is 0 Å². The Bertz CT molecular complexity index is 435. The van der Waals surface area contributed by atoms with Crippen molar-refractivity contribution < 1.29 is 0 Å². The van der Waals surface area contributed by atoms with E-state index < -0.39 is 0 Å². The standard InChI is InChI=1S/C12H18N4S/c1-3-6-16-12(9-14-15-16)11(13-2)8-10-5-4-7-17-10/h4-5,7,9,11,13H,3,6,8H2,1-2H3. The van der Waals surface area contributed by atoms with Crippen LogP contribution >= 0.6 is 11.3 Å². The summed E-state index contributed by atoms with van der Waals surface area (Å²) in [5.74, 6) is 0. The summed E-state index contributed by atoms with van der Waals surface area (Å²) >= 11 is 1.79. The van der Waals surface area contributed by atoms with Crippen molar-refractivity contribution in [1.29, 1.82) is 0 Å². The lowest BCUT2D eigenvalue weighted by molar-refractivity contribution is 0.492. The molecule has 1 N–H and O–H groups in total. The maximum atomic E-state index is 4.13. The van der Waals surface area contributed by atoms with Gasteiger partial charge in [0.25, 0.3) is 0 Å². The molecule has 0 saturated heterocycles. The predicted molar refractivity (Wildman–Crippen MR) is 70.1 cm³/mol. The van der Waals surface area contributed by atoms with Gasteiger partial charge in [-0.1, -0.05) is 18.2 Å². The molecule has 92 valence electrons. The summed E-state index contributed by atoms with van der Waals surface area (Å²) in [6.07, 6.45) is 3.93. The van der Waals surface area contributed by atoms with Crippen LogP contribution in [0.2, 0.25) is 0 Å². The fraction of sp³-hybridized carbons (Fsp3) is 0.500. The van der Waals surface area contributed by atoms with Crippen molar-refractivity contribution in [3.8, 4) is 0 Å². The molecule has 0 bridgehead atoms. The van der Waals surface area contributed by atoms with Crippen LogP contribution in [0, 0.1) is 0 Å². The molecular weight excluding hydrogens is 232 g/mol. The van der Waals surface area contributed by atoms with Gasteiger partial charge in [0.15, 0.2) is 0 Å². The number of nitrogens with zero attached hydrogens (tertiary/aromatic N) is 3. The monoisotopic (exact) mass is 250 g/mol. The van der Waals surface area contributed by atoms with E-state index in [-0.39, 0.29) is 6.04 Å². The summed E-state index contributed by atoms with van der Waals surface area (Å²) < 4.78 is 1.99. The molecule has 17 heavy (non-hydrogen) atoms. The molecule has 2 aromatic heterocycles. The van der Waals surface area contributed by atoms with Crippen molar-refractivity contribution in [2.45, 2.75) is 32.4 Å². The van der Waals surface area contributed by atoms with Crippen LogP contribution in [0.1, 0.15) is 30.0 Å². The molecule has 0 aliphatic heterocycles. The highest BCUT2D eigenvalue weighted by Crippen LogP contribution is 2.20. The third-order valence-electron chi connectivity index (χ3n) is 2.77. The van der Waals surface area contributed by atoms with Crippen LogP contribution in [0.25, 0.3) is 0 Å². The van der Waals surface area contributed by atoms with E-state index in [1.807, 2.05) is 17.9 Å². The summed E-state index contributed by atoms with van der Waals surface area (Å²) in [6.45, 7) is 3.08. The average Bonchev–Trinajstić information content (AvgIpc) is 2.97. The molecule has 1 unspecified atom stereocenters. The van der Waals surface area contributed by atoms with Gasteiger partial charge in [0.05, 0.1) is 17.9 Å². The number of nitrogens with one attached hydrogen (secondary N) is 1. The van der Waals surface area contributed by atoms with E-state index in [2.05, 4.69) is 40.1 Å². The fourth-order valence-corrected chi connectivity index (χ4v) is 2.66. The maximum Gasteiger partial charge on any atom is 0.0760 e. The molecule has 4 nitrogen and oxygen atoms in total. The SMILES string of the molecule is CCCn1nncc1C(Cc1cccs1)NC. The maximum absolute atomic E-state index is 4.13. The largest absolute Gasteiger partial charge is 0.311 e. The van der Waals surface area contributed by atoms with Crippen molar-refractivity contribution in [3.05, 3.63) is 34.3 Å². The molecule has 2 heterocycles. The lowest BCUT2D eigenvalue weighted by Crippen LogP contribution is -2.22. The second kappa shape index (κ2) is 5.93. The lowest BCUT2D eigenvalue weighted by atomic mass is 10.1. The van der Waals surface area contributed by atoms with E-state index in [0.29, 0.717) is 0 Å². The highest BCUT2D eigenvalue weighted by atomic mass is 32.1. The van der Waals surface area contributed by atoms with Crippen molar-refractivity contribution in [2.75, 3.05) is 7.05 Å². The molecule has 1 atom stereocenters. The molecular formula is C12H18N4S. The first-order valence-corrected chi connectivity index (χ1v) is 6.81. The molecule has 0 fully saturated rings. The Balaban J connectivity index is 2.14. The van der Waals surface area contributed by atoms with Crippen LogP contribution in [0.3, 0.4) is 0 Å². The first-order valence-electron chi connectivity index (χ1n) is 5.93. The lowest BCUT2D eigenvalue weighted by Gasteiger charge is -2.16. The van der Waals surface area contributed by atoms with E-state index in [4.69, 9.17) is 0 Å². The van der Waals surface area contributed by atoms with Gasteiger partial charge in [0, 0.05) is 17.8 Å². The van der Waals surface area contributed by atoms with E-state index in [1.54, 1.807) is 11.3 Å². The summed E-state index contributed by atoms with van der Waals surface area (Å²) in [5.41, 5.74) is 1.17. The third-order valence-corrected chi connectivity index (χ3v) is 3.67. The number of aryl methyl sites for hydroxylation is 1. The van der Waals surface area contributed by atoms with Gasteiger partial charge in [0.2, 0.25) is 0 Å². The zero-order chi connectivity index (χ0) is 12.1. The fourth-order valence-electron chi connectivity index (χ4n) is 1.91. The number of rotatable bonds is 6. The Kier molecular flexibility index (Phi) is 4.28. The van der Waals surface area contributed by atoms with Gasteiger partial charge in [-0.3, -0.25) is 0 Å². The van der Waals surface area contributed by atoms with Crippen molar-refractivity contribution in [1.82, 2.24) is 20.3 Å². The zero-order valence-corrected chi connectivity index (χ0v) is 11.1. The van der Waals surface area contributed by atoms with Gasteiger partial charge in [0.1, 0.15) is 0 Å². The predicted octanol–water partition coefficient (Wildman–Crippen LogP) is 2.25.